The Labute approximate surface area is 91.6 Å². The van der Waals surface area contributed by atoms with E-state index in [-0.39, 0.29) is 5.69 Å². The van der Waals surface area contributed by atoms with Crippen molar-refractivity contribution >= 4 is 5.97 Å². The van der Waals surface area contributed by atoms with Gasteiger partial charge in [0.25, 0.3) is 0 Å². The summed E-state index contributed by atoms with van der Waals surface area (Å²) in [6.45, 7) is 2.45. The molecule has 2 aromatic rings. The van der Waals surface area contributed by atoms with Gasteiger partial charge in [-0.1, -0.05) is 5.21 Å². The van der Waals surface area contributed by atoms with Crippen LogP contribution in [0.25, 0.3) is 11.3 Å². The first-order chi connectivity index (χ1) is 7.74. The summed E-state index contributed by atoms with van der Waals surface area (Å²) in [5, 5.41) is 16.5. The summed E-state index contributed by atoms with van der Waals surface area (Å²) in [4.78, 5) is 14.9. The van der Waals surface area contributed by atoms with Gasteiger partial charge in [-0.2, -0.15) is 0 Å². The lowest BCUT2D eigenvalue weighted by molar-refractivity contribution is 0.0691. The van der Waals surface area contributed by atoms with E-state index in [1.54, 1.807) is 29.2 Å². The molecule has 2 heterocycles. The van der Waals surface area contributed by atoms with Gasteiger partial charge in [-0.3, -0.25) is 4.98 Å². The smallest absolute Gasteiger partial charge is 0.358 e. The number of carboxylic acid groups (broad SMARTS) is 1. The predicted octanol–water partition coefficient (Wildman–Crippen LogP) is 1.06. The molecule has 0 radical (unpaired) electrons. The van der Waals surface area contributed by atoms with E-state index in [2.05, 4.69) is 15.3 Å². The molecule has 1 N–H and O–H groups in total. The van der Waals surface area contributed by atoms with Crippen molar-refractivity contribution in [1.29, 1.82) is 0 Å². The minimum Gasteiger partial charge on any atom is -0.476 e. The molecular weight excluding hydrogens is 208 g/mol. The van der Waals surface area contributed by atoms with E-state index in [0.717, 1.165) is 5.56 Å². The Bertz CT molecular complexity index is 507. The fourth-order valence-electron chi connectivity index (χ4n) is 1.47. The summed E-state index contributed by atoms with van der Waals surface area (Å²) in [5.41, 5.74) is 1.23. The maximum atomic E-state index is 11.0. The summed E-state index contributed by atoms with van der Waals surface area (Å²) < 4.78 is 1.55. The standard InChI is InChI=1S/C10H10N4O2/c1-2-14-9(7-3-5-11-6-4-7)8(10(15)16)12-13-14/h3-6H,2H2,1H3,(H,15,16). The zero-order valence-corrected chi connectivity index (χ0v) is 8.66. The van der Waals surface area contributed by atoms with Crippen LogP contribution in [0.2, 0.25) is 0 Å². The van der Waals surface area contributed by atoms with Crippen LogP contribution in [-0.4, -0.2) is 31.1 Å². The van der Waals surface area contributed by atoms with Gasteiger partial charge in [0, 0.05) is 24.5 Å². The SMILES string of the molecule is CCn1nnc(C(=O)O)c1-c1ccncc1. The third-order valence-electron chi connectivity index (χ3n) is 2.19. The van der Waals surface area contributed by atoms with Gasteiger partial charge in [0.1, 0.15) is 5.69 Å². The average molecular weight is 218 g/mol. The van der Waals surface area contributed by atoms with Crippen molar-refractivity contribution in [3.63, 3.8) is 0 Å². The largest absolute Gasteiger partial charge is 0.476 e. The Balaban J connectivity index is 2.62. The highest BCUT2D eigenvalue weighted by Crippen LogP contribution is 2.21. The highest BCUT2D eigenvalue weighted by atomic mass is 16.4. The predicted molar refractivity (Wildman–Crippen MR) is 55.9 cm³/mol. The van der Waals surface area contributed by atoms with E-state index in [1.807, 2.05) is 6.92 Å². The lowest BCUT2D eigenvalue weighted by Crippen LogP contribution is -2.03. The average Bonchev–Trinajstić information content (AvgIpc) is 2.73. The van der Waals surface area contributed by atoms with Crippen LogP contribution in [0.3, 0.4) is 0 Å². The van der Waals surface area contributed by atoms with E-state index in [1.165, 1.54) is 0 Å². The van der Waals surface area contributed by atoms with Crippen LogP contribution in [-0.2, 0) is 6.54 Å². The molecule has 2 aromatic heterocycles. The fourth-order valence-corrected chi connectivity index (χ4v) is 1.47. The van der Waals surface area contributed by atoms with E-state index in [9.17, 15) is 4.79 Å². The summed E-state index contributed by atoms with van der Waals surface area (Å²) in [7, 11) is 0. The number of rotatable bonds is 3. The Hall–Kier alpha value is -2.24. The highest BCUT2D eigenvalue weighted by molar-refractivity contribution is 5.92. The van der Waals surface area contributed by atoms with Crippen LogP contribution >= 0.6 is 0 Å². The molecule has 16 heavy (non-hydrogen) atoms. The van der Waals surface area contributed by atoms with Crippen molar-refractivity contribution in [2.24, 2.45) is 0 Å². The first-order valence-corrected chi connectivity index (χ1v) is 4.81. The fraction of sp³-hybridized carbons (Fsp3) is 0.200. The van der Waals surface area contributed by atoms with E-state index < -0.39 is 5.97 Å². The van der Waals surface area contributed by atoms with E-state index >= 15 is 0 Å². The second-order valence-electron chi connectivity index (χ2n) is 3.14. The molecule has 0 fully saturated rings. The maximum Gasteiger partial charge on any atom is 0.358 e. The first-order valence-electron chi connectivity index (χ1n) is 4.81. The van der Waals surface area contributed by atoms with Crippen LogP contribution in [0.15, 0.2) is 24.5 Å². The monoisotopic (exact) mass is 218 g/mol. The van der Waals surface area contributed by atoms with Gasteiger partial charge in [-0.15, -0.1) is 5.10 Å². The lowest BCUT2D eigenvalue weighted by Gasteiger charge is -2.03. The molecule has 82 valence electrons. The zero-order valence-electron chi connectivity index (χ0n) is 8.66. The first kappa shape index (κ1) is 10.3. The molecule has 0 aromatic carbocycles. The van der Waals surface area contributed by atoms with Crippen molar-refractivity contribution in [3.05, 3.63) is 30.2 Å². The highest BCUT2D eigenvalue weighted by Gasteiger charge is 2.19. The van der Waals surface area contributed by atoms with Crippen LogP contribution in [0.4, 0.5) is 0 Å². The Morgan fingerprint density at radius 1 is 1.44 bits per heavy atom. The summed E-state index contributed by atoms with van der Waals surface area (Å²) in [6.07, 6.45) is 3.21. The number of aryl methyl sites for hydroxylation is 1. The van der Waals surface area contributed by atoms with E-state index in [0.29, 0.717) is 12.2 Å². The van der Waals surface area contributed by atoms with Crippen molar-refractivity contribution < 1.29 is 9.90 Å². The quantitative estimate of drug-likeness (QED) is 0.833. The van der Waals surface area contributed by atoms with Crippen LogP contribution in [0.5, 0.6) is 0 Å². The van der Waals surface area contributed by atoms with Gasteiger partial charge in [0.15, 0.2) is 5.69 Å². The molecule has 0 saturated heterocycles. The number of carboxylic acids is 1. The lowest BCUT2D eigenvalue weighted by atomic mass is 10.1. The van der Waals surface area contributed by atoms with Gasteiger partial charge >= 0.3 is 5.97 Å². The third kappa shape index (κ3) is 1.65. The van der Waals surface area contributed by atoms with Crippen molar-refractivity contribution in [2.75, 3.05) is 0 Å². The van der Waals surface area contributed by atoms with Crippen LogP contribution < -0.4 is 0 Å². The number of aromatic nitrogens is 4. The normalized spacial score (nSPS) is 10.3. The van der Waals surface area contributed by atoms with Crippen molar-refractivity contribution in [1.82, 2.24) is 20.0 Å². The molecule has 0 spiro atoms. The van der Waals surface area contributed by atoms with Crippen LogP contribution in [0.1, 0.15) is 17.4 Å². The molecule has 0 atom stereocenters. The molecule has 0 aliphatic carbocycles. The van der Waals surface area contributed by atoms with Gasteiger partial charge in [0.05, 0.1) is 0 Å². The number of carbonyl (C=O) groups is 1. The van der Waals surface area contributed by atoms with E-state index in [4.69, 9.17) is 5.11 Å². The summed E-state index contributed by atoms with van der Waals surface area (Å²) in [6, 6.07) is 3.47. The molecule has 0 amide bonds. The van der Waals surface area contributed by atoms with Crippen LogP contribution in [0, 0.1) is 0 Å². The van der Waals surface area contributed by atoms with Gasteiger partial charge < -0.3 is 5.11 Å². The van der Waals surface area contributed by atoms with Crippen molar-refractivity contribution in [2.45, 2.75) is 13.5 Å². The van der Waals surface area contributed by atoms with Gasteiger partial charge in [-0.25, -0.2) is 9.48 Å². The Morgan fingerprint density at radius 2 is 2.12 bits per heavy atom. The molecule has 0 bridgehead atoms. The molecule has 0 saturated carbocycles. The summed E-state index contributed by atoms with van der Waals surface area (Å²) in [5.74, 6) is -1.08. The molecule has 0 unspecified atom stereocenters. The van der Waals surface area contributed by atoms with Gasteiger partial charge in [-0.05, 0) is 19.1 Å². The number of nitrogens with zero attached hydrogens (tertiary/aromatic N) is 4. The molecule has 0 aliphatic heterocycles. The molecule has 0 aliphatic rings. The second-order valence-corrected chi connectivity index (χ2v) is 3.14. The molecule has 6 nitrogen and oxygen atoms in total. The molecular formula is C10H10N4O2. The molecule has 2 rings (SSSR count). The number of pyridine rings is 1. The number of hydrogen-bond donors (Lipinski definition) is 1. The number of aromatic carboxylic acids is 1. The Morgan fingerprint density at radius 3 is 2.69 bits per heavy atom. The minimum absolute atomic E-state index is 0.0342. The second kappa shape index (κ2) is 4.09. The summed E-state index contributed by atoms with van der Waals surface area (Å²) >= 11 is 0. The maximum absolute atomic E-state index is 11.0. The van der Waals surface area contributed by atoms with Crippen molar-refractivity contribution in [3.8, 4) is 11.3 Å². The van der Waals surface area contributed by atoms with Gasteiger partial charge in [0.2, 0.25) is 0 Å². The third-order valence-corrected chi connectivity index (χ3v) is 2.19. The molecule has 6 heteroatoms. The minimum atomic E-state index is -1.08. The Kier molecular flexibility index (Phi) is 2.63. The number of hydrogen-bond acceptors (Lipinski definition) is 4. The zero-order chi connectivity index (χ0) is 11.5. The topological polar surface area (TPSA) is 80.9 Å².